The van der Waals surface area contributed by atoms with Gasteiger partial charge in [0.15, 0.2) is 5.78 Å². The molecule has 0 saturated heterocycles. The molecule has 8 nitrogen and oxygen atoms in total. The van der Waals surface area contributed by atoms with Crippen molar-refractivity contribution < 1.29 is 28.6 Å². The summed E-state index contributed by atoms with van der Waals surface area (Å²) in [5.74, 6) is 0.420. The number of hydrogen-bond donors (Lipinski definition) is 1. The Labute approximate surface area is 281 Å². The molecule has 1 aliphatic heterocycles. The number of carbonyl (C=O) groups excluding carboxylic acids is 2. The fourth-order valence-electron chi connectivity index (χ4n) is 5.00. The van der Waals surface area contributed by atoms with E-state index in [4.69, 9.17) is 32.7 Å². The average Bonchev–Trinajstić information content (AvgIpc) is 3.49. The molecule has 1 amide bonds. The Morgan fingerprint density at radius 3 is 2.65 bits per heavy atom. The van der Waals surface area contributed by atoms with E-state index in [1.165, 1.54) is 12.1 Å². The van der Waals surface area contributed by atoms with Gasteiger partial charge in [-0.1, -0.05) is 41.4 Å². The van der Waals surface area contributed by atoms with Crippen LogP contribution in [0.3, 0.4) is 0 Å². The molecule has 0 unspecified atom stereocenters. The van der Waals surface area contributed by atoms with Crippen LogP contribution in [0.15, 0.2) is 65.8 Å². The van der Waals surface area contributed by atoms with Crippen LogP contribution in [-0.4, -0.2) is 57.9 Å². The van der Waals surface area contributed by atoms with E-state index < -0.39 is 17.5 Å². The normalized spacial score (nSPS) is 13.0. The van der Waals surface area contributed by atoms with Crippen LogP contribution >= 0.6 is 35.0 Å². The number of ether oxygens (including phenoxy) is 2. The topological polar surface area (TPSA) is 93.9 Å². The zero-order chi connectivity index (χ0) is 33.0. The van der Waals surface area contributed by atoms with Gasteiger partial charge in [0.05, 0.1) is 24.0 Å². The number of ketones is 1. The predicted octanol–water partition coefficient (Wildman–Crippen LogP) is 8.21. The van der Waals surface area contributed by atoms with E-state index in [-0.39, 0.29) is 54.5 Å². The van der Waals surface area contributed by atoms with Gasteiger partial charge in [-0.3, -0.25) is 14.4 Å². The summed E-state index contributed by atoms with van der Waals surface area (Å²) in [6.07, 6.45) is 3.34. The monoisotopic (exact) mass is 685 g/mol. The predicted molar refractivity (Wildman–Crippen MR) is 179 cm³/mol. The molecule has 1 aliphatic rings. The van der Waals surface area contributed by atoms with Gasteiger partial charge in [0.1, 0.15) is 24.8 Å². The number of aliphatic hydroxyl groups is 1. The number of halogens is 3. The second-order valence-corrected chi connectivity index (χ2v) is 13.5. The highest BCUT2D eigenvalue weighted by Gasteiger charge is 2.27. The Kier molecular flexibility index (Phi) is 10.6. The van der Waals surface area contributed by atoms with Crippen LogP contribution in [0.2, 0.25) is 10.0 Å². The van der Waals surface area contributed by atoms with Crippen molar-refractivity contribution in [1.29, 1.82) is 0 Å². The minimum Gasteiger partial charge on any atom is -0.490 e. The van der Waals surface area contributed by atoms with Crippen LogP contribution in [0.25, 0.3) is 11.1 Å². The van der Waals surface area contributed by atoms with Gasteiger partial charge in [-0.15, -0.1) is 11.8 Å². The second-order valence-electron chi connectivity index (χ2n) is 11.6. The van der Waals surface area contributed by atoms with Gasteiger partial charge in [-0.25, -0.2) is 9.18 Å². The average molecular weight is 687 g/mol. The van der Waals surface area contributed by atoms with Crippen LogP contribution in [-0.2, 0) is 11.3 Å². The fourth-order valence-corrected chi connectivity index (χ4v) is 6.58. The van der Waals surface area contributed by atoms with Crippen LogP contribution in [0.1, 0.15) is 48.2 Å². The number of carbonyl (C=O) groups is 2. The minimum atomic E-state index is -0.999. The Morgan fingerprint density at radius 1 is 1.11 bits per heavy atom. The summed E-state index contributed by atoms with van der Waals surface area (Å²) in [6, 6.07) is 13.7. The van der Waals surface area contributed by atoms with E-state index >= 15 is 4.39 Å². The lowest BCUT2D eigenvalue weighted by Gasteiger charge is -2.29. The van der Waals surface area contributed by atoms with Crippen molar-refractivity contribution in [2.24, 2.45) is 0 Å². The molecule has 1 aromatic heterocycles. The summed E-state index contributed by atoms with van der Waals surface area (Å²) in [7, 11) is 0. The first-order valence-corrected chi connectivity index (χ1v) is 16.5. The minimum absolute atomic E-state index is 0.0558. The van der Waals surface area contributed by atoms with Gasteiger partial charge >= 0.3 is 6.09 Å². The molecule has 0 spiro atoms. The van der Waals surface area contributed by atoms with E-state index in [9.17, 15) is 14.7 Å². The smallest absolute Gasteiger partial charge is 0.414 e. The van der Waals surface area contributed by atoms with Crippen molar-refractivity contribution in [3.8, 4) is 16.9 Å². The van der Waals surface area contributed by atoms with E-state index in [1.54, 1.807) is 59.7 Å². The Morgan fingerprint density at radius 2 is 1.89 bits per heavy atom. The summed E-state index contributed by atoms with van der Waals surface area (Å²) in [5, 5.41) is 15.1. The Bertz CT molecular complexity index is 1730. The summed E-state index contributed by atoms with van der Waals surface area (Å²) in [5.41, 5.74) is 2.61. The van der Waals surface area contributed by atoms with Crippen LogP contribution in [0.5, 0.6) is 5.75 Å². The van der Waals surface area contributed by atoms with Crippen molar-refractivity contribution in [1.82, 2.24) is 9.78 Å². The molecular weight excluding hydrogens is 652 g/mol. The molecule has 0 bridgehead atoms. The van der Waals surface area contributed by atoms with Crippen molar-refractivity contribution in [3.05, 3.63) is 93.5 Å². The molecule has 1 N–H and O–H groups in total. The molecule has 5 rings (SSSR count). The summed E-state index contributed by atoms with van der Waals surface area (Å²) >= 11 is 14.2. The zero-order valence-electron chi connectivity index (χ0n) is 25.7. The molecule has 0 radical (unpaired) electrons. The third-order valence-corrected chi connectivity index (χ3v) is 9.39. The largest absolute Gasteiger partial charge is 0.490 e. The van der Waals surface area contributed by atoms with Crippen molar-refractivity contribution in [2.75, 3.05) is 30.4 Å². The van der Waals surface area contributed by atoms with Gasteiger partial charge < -0.3 is 14.6 Å². The number of benzene rings is 3. The number of nitrogens with zero attached hydrogens (tertiary/aromatic N) is 3. The molecule has 46 heavy (non-hydrogen) atoms. The number of rotatable bonds is 11. The maximum absolute atomic E-state index is 15.1. The van der Waals surface area contributed by atoms with Crippen molar-refractivity contribution in [3.63, 3.8) is 0 Å². The molecule has 0 saturated carbocycles. The van der Waals surface area contributed by atoms with Gasteiger partial charge in [0, 0.05) is 67.7 Å². The maximum Gasteiger partial charge on any atom is 0.414 e. The first-order chi connectivity index (χ1) is 21.9. The van der Waals surface area contributed by atoms with Gasteiger partial charge in [0.2, 0.25) is 0 Å². The van der Waals surface area contributed by atoms with Gasteiger partial charge in [0.25, 0.3) is 0 Å². The summed E-state index contributed by atoms with van der Waals surface area (Å²) in [6.45, 7) is 5.91. The molecule has 2 heterocycles. The van der Waals surface area contributed by atoms with E-state index in [1.807, 2.05) is 31.2 Å². The molecule has 3 aromatic carbocycles. The van der Waals surface area contributed by atoms with Crippen molar-refractivity contribution >= 4 is 52.5 Å². The quantitative estimate of drug-likeness (QED) is 0.126. The number of thioether (sulfide) groups is 1. The molecular formula is C34H34Cl2FN3O5S. The zero-order valence-corrected chi connectivity index (χ0v) is 28.0. The molecule has 0 atom stereocenters. The third kappa shape index (κ3) is 8.04. The Balaban J connectivity index is 1.25. The lowest BCUT2D eigenvalue weighted by atomic mass is 9.97. The maximum atomic E-state index is 15.1. The fraction of sp³-hybridized carbons (Fsp3) is 0.324. The van der Waals surface area contributed by atoms with Crippen LogP contribution < -0.4 is 9.64 Å². The van der Waals surface area contributed by atoms with E-state index in [2.05, 4.69) is 5.10 Å². The number of fused-ring (bicyclic) bond motifs is 1. The first kappa shape index (κ1) is 33.8. The second kappa shape index (κ2) is 14.5. The summed E-state index contributed by atoms with van der Waals surface area (Å²) in [4.78, 5) is 28.2. The standard InChI is InChI=1S/C34H34Cl2FN3O5S/c1-21-26(35)7-5-9-31(21)44-13-14-45-33(42)40-12-15-46-32-24(6-4-8-29(32)40)23-18-38-39(19-23)20-25-27(36)16-22(17-28(25)37)30(41)10-11-34(2,3)43/h4-9,16-19,43H,10-15,20H2,1-3H3. The number of hydrogen-bond acceptors (Lipinski definition) is 7. The summed E-state index contributed by atoms with van der Waals surface area (Å²) < 4.78 is 28.0. The molecule has 12 heteroatoms. The Hall–Kier alpha value is -3.57. The number of Topliss-reactive ketones (excluding diaryl/α,β-unsaturated/α-hetero) is 1. The molecule has 4 aromatic rings. The van der Waals surface area contributed by atoms with E-state index in [0.29, 0.717) is 23.1 Å². The van der Waals surface area contributed by atoms with Gasteiger partial charge in [-0.2, -0.15) is 5.10 Å². The molecule has 0 aliphatic carbocycles. The third-order valence-electron chi connectivity index (χ3n) is 7.54. The molecule has 242 valence electrons. The van der Waals surface area contributed by atoms with E-state index in [0.717, 1.165) is 27.3 Å². The highest BCUT2D eigenvalue weighted by atomic mass is 35.5. The van der Waals surface area contributed by atoms with Crippen molar-refractivity contribution in [2.45, 2.75) is 50.7 Å². The number of aromatic nitrogens is 2. The molecule has 0 fully saturated rings. The highest BCUT2D eigenvalue weighted by Crippen LogP contribution is 2.42. The lowest BCUT2D eigenvalue weighted by molar-refractivity contribution is 0.0633. The SMILES string of the molecule is Cc1c(Cl)cccc1OCCOC(=O)N1CCSc2c(-c3cnn(Cc4c(F)cc(C(=O)CCC(C)(C)O)cc4Cl)c3)cccc21. The van der Waals surface area contributed by atoms with Crippen LogP contribution in [0.4, 0.5) is 14.9 Å². The van der Waals surface area contributed by atoms with Crippen LogP contribution in [0, 0.1) is 12.7 Å². The highest BCUT2D eigenvalue weighted by molar-refractivity contribution is 7.99. The lowest BCUT2D eigenvalue weighted by Crippen LogP contribution is -2.36. The van der Waals surface area contributed by atoms with Gasteiger partial charge in [-0.05, 0) is 57.5 Å². The first-order valence-electron chi connectivity index (χ1n) is 14.8. The number of amides is 1. The number of anilines is 1.